The molecule has 0 bridgehead atoms. The van der Waals surface area contributed by atoms with E-state index in [4.69, 9.17) is 9.41 Å². The summed E-state index contributed by atoms with van der Waals surface area (Å²) in [5.41, 5.74) is 5.66. The van der Waals surface area contributed by atoms with E-state index in [1.54, 1.807) is 18.3 Å². The minimum atomic E-state index is -0.106. The van der Waals surface area contributed by atoms with Crippen molar-refractivity contribution in [3.8, 4) is 0 Å². The number of nitrogens with zero attached hydrogens (tertiary/aromatic N) is 2. The number of ketones is 1. The molecular weight excluding hydrogens is 372 g/mol. The van der Waals surface area contributed by atoms with Crippen molar-refractivity contribution in [3.05, 3.63) is 107 Å². The van der Waals surface area contributed by atoms with Gasteiger partial charge in [-0.3, -0.25) is 14.8 Å². The lowest BCUT2D eigenvalue weighted by Crippen LogP contribution is -2.11. The monoisotopic (exact) mass is 392 g/mol. The largest absolute Gasteiger partial charge is 0.453 e. The molecule has 0 saturated heterocycles. The zero-order valence-corrected chi connectivity index (χ0v) is 16.4. The molecule has 30 heavy (non-hydrogen) atoms. The molecular formula is C26H20N2O2. The minimum Gasteiger partial charge on any atom is -0.453 e. The summed E-state index contributed by atoms with van der Waals surface area (Å²) in [5, 5.41) is 0.916. The summed E-state index contributed by atoms with van der Waals surface area (Å²) < 4.78 is 5.82. The van der Waals surface area contributed by atoms with Crippen LogP contribution in [-0.2, 0) is 0 Å². The number of aliphatic imine (C=N–C) groups is 1. The average molecular weight is 392 g/mol. The zero-order chi connectivity index (χ0) is 20.3. The van der Waals surface area contributed by atoms with Crippen LogP contribution in [0.1, 0.15) is 40.1 Å². The van der Waals surface area contributed by atoms with E-state index in [1.807, 2.05) is 54.7 Å². The molecule has 4 aromatic rings. The van der Waals surface area contributed by atoms with E-state index in [9.17, 15) is 4.79 Å². The maximum absolute atomic E-state index is 12.7. The maximum Gasteiger partial charge on any atom is 0.228 e. The topological polar surface area (TPSA) is 55.5 Å². The Hall–Kier alpha value is -3.79. The fraction of sp³-hybridized carbons (Fsp3) is 0.115. The van der Waals surface area contributed by atoms with Crippen LogP contribution in [0.4, 0.5) is 0 Å². The molecule has 0 N–H and O–H groups in total. The molecule has 3 heterocycles. The molecule has 0 amide bonds. The number of pyridine rings is 1. The number of allylic oxidation sites excluding steroid dienone is 1. The van der Waals surface area contributed by atoms with Gasteiger partial charge in [-0.25, -0.2) is 0 Å². The Labute approximate surface area is 174 Å². The number of hydrogen-bond donors (Lipinski definition) is 0. The second-order valence-corrected chi connectivity index (χ2v) is 7.35. The van der Waals surface area contributed by atoms with Gasteiger partial charge in [-0.1, -0.05) is 36.4 Å². The second-order valence-electron chi connectivity index (χ2n) is 7.35. The van der Waals surface area contributed by atoms with Crippen LogP contribution in [-0.4, -0.2) is 23.0 Å². The van der Waals surface area contributed by atoms with Gasteiger partial charge in [-0.15, -0.1) is 0 Å². The minimum absolute atomic E-state index is 0.106. The second kappa shape index (κ2) is 7.91. The number of fused-ring (bicyclic) bond motifs is 1. The van der Waals surface area contributed by atoms with Gasteiger partial charge < -0.3 is 4.42 Å². The van der Waals surface area contributed by atoms with Crippen LogP contribution in [0.5, 0.6) is 0 Å². The van der Waals surface area contributed by atoms with Crippen LogP contribution < -0.4 is 0 Å². The highest BCUT2D eigenvalue weighted by molar-refractivity contribution is 6.15. The van der Waals surface area contributed by atoms with Crippen LogP contribution in [0.2, 0.25) is 0 Å². The first kappa shape index (κ1) is 18.3. The molecule has 4 nitrogen and oxygen atoms in total. The first-order valence-electron chi connectivity index (χ1n) is 10.1. The van der Waals surface area contributed by atoms with Crippen molar-refractivity contribution in [2.45, 2.75) is 12.8 Å². The van der Waals surface area contributed by atoms with Crippen molar-refractivity contribution in [2.24, 2.45) is 4.99 Å². The molecule has 0 radical (unpaired) electrons. The van der Waals surface area contributed by atoms with Crippen LogP contribution in [0, 0.1) is 0 Å². The molecule has 0 unspecified atom stereocenters. The molecule has 1 aliphatic heterocycles. The van der Waals surface area contributed by atoms with E-state index in [0.717, 1.165) is 41.6 Å². The van der Waals surface area contributed by atoms with Crippen LogP contribution in [0.3, 0.4) is 0 Å². The molecule has 4 heteroatoms. The van der Waals surface area contributed by atoms with E-state index in [2.05, 4.69) is 17.1 Å². The lowest BCUT2D eigenvalue weighted by atomic mass is 9.94. The van der Waals surface area contributed by atoms with Crippen molar-refractivity contribution >= 4 is 28.5 Å². The van der Waals surface area contributed by atoms with Crippen molar-refractivity contribution in [1.29, 1.82) is 0 Å². The lowest BCUT2D eigenvalue weighted by Gasteiger charge is -2.16. The first-order valence-corrected chi connectivity index (χ1v) is 10.1. The summed E-state index contributed by atoms with van der Waals surface area (Å²) in [4.78, 5) is 21.7. The Morgan fingerprint density at radius 1 is 1.00 bits per heavy atom. The number of benzene rings is 2. The molecule has 0 atom stereocenters. The Balaban J connectivity index is 1.48. The zero-order valence-electron chi connectivity index (χ0n) is 16.4. The van der Waals surface area contributed by atoms with Gasteiger partial charge >= 0.3 is 0 Å². The van der Waals surface area contributed by atoms with Gasteiger partial charge in [-0.05, 0) is 60.4 Å². The molecule has 2 aromatic heterocycles. The summed E-state index contributed by atoms with van der Waals surface area (Å²) in [6.45, 7) is 0.841. The molecule has 146 valence electrons. The van der Waals surface area contributed by atoms with Gasteiger partial charge in [0.05, 0.1) is 5.71 Å². The van der Waals surface area contributed by atoms with Crippen LogP contribution in [0.15, 0.2) is 94.1 Å². The smallest absolute Gasteiger partial charge is 0.228 e. The third-order valence-electron chi connectivity index (χ3n) is 5.25. The third-order valence-corrected chi connectivity index (χ3v) is 5.25. The third kappa shape index (κ3) is 3.60. The first-order chi connectivity index (χ1) is 14.8. The summed E-state index contributed by atoms with van der Waals surface area (Å²) in [7, 11) is 0. The number of carbonyl (C=O) groups excluding carboxylic acids is 1. The lowest BCUT2D eigenvalue weighted by molar-refractivity contribution is 0.101. The molecule has 0 fully saturated rings. The highest BCUT2D eigenvalue weighted by Crippen LogP contribution is 2.26. The number of furan rings is 1. The average Bonchev–Trinajstić information content (AvgIpc) is 3.23. The Morgan fingerprint density at radius 3 is 2.73 bits per heavy atom. The summed E-state index contributed by atoms with van der Waals surface area (Å²) >= 11 is 0. The highest BCUT2D eigenvalue weighted by Gasteiger charge is 2.16. The fourth-order valence-electron chi connectivity index (χ4n) is 3.80. The molecule has 2 aromatic carbocycles. The van der Waals surface area contributed by atoms with Gasteiger partial charge in [0.2, 0.25) is 5.78 Å². The number of rotatable bonds is 4. The van der Waals surface area contributed by atoms with E-state index in [-0.39, 0.29) is 5.78 Å². The van der Waals surface area contributed by atoms with E-state index in [1.165, 1.54) is 5.57 Å². The predicted octanol–water partition coefficient (Wildman–Crippen LogP) is 5.73. The van der Waals surface area contributed by atoms with Crippen molar-refractivity contribution in [3.63, 3.8) is 0 Å². The number of aromatic nitrogens is 1. The van der Waals surface area contributed by atoms with Gasteiger partial charge in [0.25, 0.3) is 0 Å². The Bertz CT molecular complexity index is 1270. The Morgan fingerprint density at radius 2 is 1.90 bits per heavy atom. The predicted molar refractivity (Wildman–Crippen MR) is 119 cm³/mol. The normalized spacial score (nSPS) is 15.3. The quantitative estimate of drug-likeness (QED) is 0.417. The maximum atomic E-state index is 12.7. The summed E-state index contributed by atoms with van der Waals surface area (Å²) in [6.07, 6.45) is 7.83. The van der Waals surface area contributed by atoms with Crippen molar-refractivity contribution < 1.29 is 9.21 Å². The van der Waals surface area contributed by atoms with Crippen LogP contribution >= 0.6 is 0 Å². The standard InChI is InChI=1S/C26H20N2O2/c29-26(19-6-2-1-3-7-19)24-16-22-15-18(10-11-23(22)30-24)14-20-8-5-13-28-25(20)21-9-4-12-27-17-21/h1-4,6-7,9-12,14-17H,5,8,13H2/b20-14+. The van der Waals surface area contributed by atoms with Gasteiger partial charge in [0, 0.05) is 35.5 Å². The van der Waals surface area contributed by atoms with Crippen molar-refractivity contribution in [2.75, 3.05) is 6.54 Å². The van der Waals surface area contributed by atoms with Gasteiger partial charge in [0.15, 0.2) is 5.76 Å². The molecule has 5 rings (SSSR count). The van der Waals surface area contributed by atoms with Crippen LogP contribution in [0.25, 0.3) is 17.0 Å². The summed E-state index contributed by atoms with van der Waals surface area (Å²) in [5.74, 6) is 0.251. The van der Waals surface area contributed by atoms with E-state index in [0.29, 0.717) is 16.9 Å². The number of carbonyl (C=O) groups is 1. The van der Waals surface area contributed by atoms with Gasteiger partial charge in [-0.2, -0.15) is 0 Å². The van der Waals surface area contributed by atoms with E-state index >= 15 is 0 Å². The highest BCUT2D eigenvalue weighted by atomic mass is 16.3. The SMILES string of the molecule is O=C(c1ccccc1)c1cc2cc(/C=C3\CCCN=C3c3cccnc3)ccc2o1. The number of hydrogen-bond acceptors (Lipinski definition) is 4. The fourth-order valence-corrected chi connectivity index (χ4v) is 3.80. The molecule has 1 aliphatic rings. The van der Waals surface area contributed by atoms with Gasteiger partial charge in [0.1, 0.15) is 5.58 Å². The molecule has 0 saturated carbocycles. The summed E-state index contributed by atoms with van der Waals surface area (Å²) in [6, 6.07) is 21.0. The van der Waals surface area contributed by atoms with Crippen molar-refractivity contribution in [1.82, 2.24) is 4.98 Å². The molecule has 0 spiro atoms. The Kier molecular flexibility index (Phi) is 4.81. The van der Waals surface area contributed by atoms with E-state index < -0.39 is 0 Å². The molecule has 0 aliphatic carbocycles.